The molecule has 162 valence electrons. The van der Waals surface area contributed by atoms with Crippen molar-refractivity contribution >= 4 is 39.9 Å². The van der Waals surface area contributed by atoms with Crippen LogP contribution in [0.4, 0.5) is 5.82 Å². The number of rotatable bonds is 2. The molecule has 2 aromatic carbocycles. The fourth-order valence-corrected chi connectivity index (χ4v) is 5.74. The highest BCUT2D eigenvalue weighted by atomic mass is 35.5. The van der Waals surface area contributed by atoms with Crippen molar-refractivity contribution in [1.29, 1.82) is 0 Å². The van der Waals surface area contributed by atoms with Gasteiger partial charge in [-0.3, -0.25) is 0 Å². The van der Waals surface area contributed by atoms with Crippen LogP contribution >= 0.6 is 23.2 Å². The second kappa shape index (κ2) is 7.48. The summed E-state index contributed by atoms with van der Waals surface area (Å²) < 4.78 is 1.77. The zero-order chi connectivity index (χ0) is 21.9. The fourth-order valence-electron chi connectivity index (χ4n) is 5.36. The Hall–Kier alpha value is -2.60. The molecule has 1 atom stereocenters. The molecule has 32 heavy (non-hydrogen) atoms. The van der Waals surface area contributed by atoms with E-state index in [0.29, 0.717) is 10.0 Å². The molecule has 1 aliphatic carbocycles. The number of fused-ring (bicyclic) bond motifs is 2. The summed E-state index contributed by atoms with van der Waals surface area (Å²) >= 11 is 12.6. The first-order valence-corrected chi connectivity index (χ1v) is 11.7. The highest BCUT2D eigenvalue weighted by Crippen LogP contribution is 2.50. The van der Waals surface area contributed by atoms with Gasteiger partial charge >= 0.3 is 0 Å². The van der Waals surface area contributed by atoms with E-state index < -0.39 is 0 Å². The second-order valence-corrected chi connectivity index (χ2v) is 9.74. The number of pyridine rings is 1. The standard InChI is InChI=1S/C25H23Cl2N5/c26-19-6-3-7-21(23(19)27)32-15-17-14-29-22(12-20(17)30-32)31-10-8-25(9-11-31)13-16-4-1-2-5-18(16)24(25)28/h1-7,12,14-15,24H,8-11,13,28H2/t24-/m1/s1. The van der Waals surface area contributed by atoms with Crippen molar-refractivity contribution in [3.8, 4) is 5.69 Å². The number of halogens is 2. The Bertz CT molecular complexity index is 1320. The highest BCUT2D eigenvalue weighted by Gasteiger charge is 2.45. The molecule has 0 saturated carbocycles. The molecule has 2 aliphatic rings. The summed E-state index contributed by atoms with van der Waals surface area (Å²) in [5.41, 5.74) is 11.3. The first-order chi connectivity index (χ1) is 15.5. The molecule has 5 nitrogen and oxygen atoms in total. The molecule has 0 radical (unpaired) electrons. The van der Waals surface area contributed by atoms with Crippen LogP contribution in [0, 0.1) is 5.41 Å². The summed E-state index contributed by atoms with van der Waals surface area (Å²) in [5, 5.41) is 6.70. The lowest BCUT2D eigenvalue weighted by Crippen LogP contribution is -2.44. The van der Waals surface area contributed by atoms with E-state index in [1.807, 2.05) is 24.5 Å². The third-order valence-electron chi connectivity index (χ3n) is 7.23. The Morgan fingerprint density at radius 3 is 2.66 bits per heavy atom. The van der Waals surface area contributed by atoms with Crippen LogP contribution in [-0.4, -0.2) is 27.9 Å². The fraction of sp³-hybridized carbons (Fsp3) is 0.280. The Kier molecular flexibility index (Phi) is 4.68. The zero-order valence-corrected chi connectivity index (χ0v) is 19.0. The molecule has 2 N–H and O–H groups in total. The monoisotopic (exact) mass is 463 g/mol. The van der Waals surface area contributed by atoms with Crippen molar-refractivity contribution in [2.45, 2.75) is 25.3 Å². The van der Waals surface area contributed by atoms with Gasteiger partial charge in [0.1, 0.15) is 5.82 Å². The van der Waals surface area contributed by atoms with Gasteiger partial charge in [-0.05, 0) is 47.9 Å². The molecule has 1 aliphatic heterocycles. The van der Waals surface area contributed by atoms with Crippen LogP contribution in [0.5, 0.6) is 0 Å². The van der Waals surface area contributed by atoms with Crippen LogP contribution in [0.2, 0.25) is 10.0 Å². The number of aromatic nitrogens is 3. The lowest BCUT2D eigenvalue weighted by molar-refractivity contribution is 0.187. The van der Waals surface area contributed by atoms with Gasteiger partial charge in [0.2, 0.25) is 0 Å². The summed E-state index contributed by atoms with van der Waals surface area (Å²) in [5.74, 6) is 0.957. The van der Waals surface area contributed by atoms with E-state index in [9.17, 15) is 0 Å². The summed E-state index contributed by atoms with van der Waals surface area (Å²) in [6, 6.07) is 16.4. The molecule has 1 spiro atoms. The van der Waals surface area contributed by atoms with Gasteiger partial charge in [0, 0.05) is 43.0 Å². The van der Waals surface area contributed by atoms with Crippen LogP contribution in [0.25, 0.3) is 16.6 Å². The summed E-state index contributed by atoms with van der Waals surface area (Å²) in [6.07, 6.45) is 7.03. The lowest BCUT2D eigenvalue weighted by atomic mass is 9.73. The maximum Gasteiger partial charge on any atom is 0.130 e. The van der Waals surface area contributed by atoms with E-state index >= 15 is 0 Å². The summed E-state index contributed by atoms with van der Waals surface area (Å²) in [4.78, 5) is 7.09. The van der Waals surface area contributed by atoms with Gasteiger partial charge in [0.05, 0.1) is 21.2 Å². The van der Waals surface area contributed by atoms with Crippen LogP contribution < -0.4 is 10.6 Å². The van der Waals surface area contributed by atoms with Crippen molar-refractivity contribution in [2.75, 3.05) is 18.0 Å². The third-order valence-corrected chi connectivity index (χ3v) is 8.04. The summed E-state index contributed by atoms with van der Waals surface area (Å²) in [6.45, 7) is 1.89. The van der Waals surface area contributed by atoms with E-state index in [1.165, 1.54) is 11.1 Å². The van der Waals surface area contributed by atoms with Gasteiger partial charge in [-0.25, -0.2) is 9.67 Å². The van der Waals surface area contributed by atoms with Crippen molar-refractivity contribution in [3.05, 3.63) is 82.1 Å². The van der Waals surface area contributed by atoms with Gasteiger partial charge in [-0.15, -0.1) is 0 Å². The van der Waals surface area contributed by atoms with E-state index in [-0.39, 0.29) is 11.5 Å². The molecule has 0 amide bonds. The quantitative estimate of drug-likeness (QED) is 0.422. The SMILES string of the molecule is N[C@@H]1c2ccccc2CC12CCN(c1cc3nn(-c4cccc(Cl)c4Cl)cc3cn1)CC2. The molecule has 1 saturated heterocycles. The average molecular weight is 464 g/mol. The molecule has 6 rings (SSSR count). The first kappa shape index (κ1) is 20.0. The normalized spacial score (nSPS) is 19.6. The molecule has 0 bridgehead atoms. The first-order valence-electron chi connectivity index (χ1n) is 10.9. The second-order valence-electron chi connectivity index (χ2n) is 8.95. The van der Waals surface area contributed by atoms with Crippen molar-refractivity contribution in [3.63, 3.8) is 0 Å². The lowest BCUT2D eigenvalue weighted by Gasteiger charge is -2.42. The molecule has 4 aromatic rings. The van der Waals surface area contributed by atoms with Crippen LogP contribution in [0.3, 0.4) is 0 Å². The smallest absolute Gasteiger partial charge is 0.130 e. The molecule has 2 aromatic heterocycles. The largest absolute Gasteiger partial charge is 0.357 e. The minimum atomic E-state index is 0.120. The number of benzene rings is 2. The minimum absolute atomic E-state index is 0.120. The number of nitrogens with two attached hydrogens (primary N) is 1. The Balaban J connectivity index is 1.24. The minimum Gasteiger partial charge on any atom is -0.357 e. The predicted octanol–water partition coefficient (Wildman–Crippen LogP) is 5.57. The van der Waals surface area contributed by atoms with Crippen molar-refractivity contribution in [1.82, 2.24) is 14.8 Å². The number of hydrogen-bond acceptors (Lipinski definition) is 4. The van der Waals surface area contributed by atoms with E-state index in [0.717, 1.165) is 54.8 Å². The van der Waals surface area contributed by atoms with E-state index in [2.05, 4.69) is 35.2 Å². The van der Waals surface area contributed by atoms with Gasteiger partial charge in [-0.1, -0.05) is 53.5 Å². The number of anilines is 1. The molecular formula is C25H23Cl2N5. The maximum absolute atomic E-state index is 6.73. The Labute approximate surface area is 196 Å². The van der Waals surface area contributed by atoms with E-state index in [4.69, 9.17) is 39.0 Å². The Morgan fingerprint density at radius 2 is 1.84 bits per heavy atom. The topological polar surface area (TPSA) is 60.0 Å². The molecular weight excluding hydrogens is 441 g/mol. The van der Waals surface area contributed by atoms with Crippen LogP contribution in [-0.2, 0) is 6.42 Å². The summed E-state index contributed by atoms with van der Waals surface area (Å²) in [7, 11) is 0. The van der Waals surface area contributed by atoms with Gasteiger partial charge in [-0.2, -0.15) is 5.10 Å². The number of hydrogen-bond donors (Lipinski definition) is 1. The molecule has 7 heteroatoms. The number of nitrogens with zero attached hydrogens (tertiary/aromatic N) is 4. The van der Waals surface area contributed by atoms with Gasteiger partial charge in [0.15, 0.2) is 0 Å². The predicted molar refractivity (Wildman–Crippen MR) is 130 cm³/mol. The molecule has 1 fully saturated rings. The third kappa shape index (κ3) is 3.11. The van der Waals surface area contributed by atoms with Crippen molar-refractivity contribution in [2.24, 2.45) is 11.1 Å². The highest BCUT2D eigenvalue weighted by molar-refractivity contribution is 6.43. The van der Waals surface area contributed by atoms with Crippen LogP contribution in [0.15, 0.2) is 60.9 Å². The molecule has 0 unspecified atom stereocenters. The average Bonchev–Trinajstić information content (AvgIpc) is 3.35. The Morgan fingerprint density at radius 1 is 1.03 bits per heavy atom. The van der Waals surface area contributed by atoms with Crippen molar-refractivity contribution < 1.29 is 0 Å². The van der Waals surface area contributed by atoms with E-state index in [1.54, 1.807) is 10.7 Å². The van der Waals surface area contributed by atoms with Gasteiger partial charge in [0.25, 0.3) is 0 Å². The zero-order valence-electron chi connectivity index (χ0n) is 17.5. The van der Waals surface area contributed by atoms with Gasteiger partial charge < -0.3 is 10.6 Å². The molecule has 3 heterocycles. The number of piperidine rings is 1. The van der Waals surface area contributed by atoms with Crippen LogP contribution in [0.1, 0.15) is 30.0 Å². The maximum atomic E-state index is 6.73.